The van der Waals surface area contributed by atoms with Crippen LogP contribution in [0, 0.1) is 6.92 Å². The summed E-state index contributed by atoms with van der Waals surface area (Å²) in [4.78, 5) is 34.3. The summed E-state index contributed by atoms with van der Waals surface area (Å²) >= 11 is 6.86. The summed E-state index contributed by atoms with van der Waals surface area (Å²) in [5, 5.41) is 0.524. The van der Waals surface area contributed by atoms with E-state index in [9.17, 15) is 4.79 Å². The maximum absolute atomic E-state index is 11.6. The minimum absolute atomic E-state index is 0.132. The molecule has 41 heavy (non-hydrogen) atoms. The zero-order valence-corrected chi connectivity index (χ0v) is 24.4. The Morgan fingerprint density at radius 3 is 2.59 bits per heavy atom. The fourth-order valence-corrected chi connectivity index (χ4v) is 5.31. The van der Waals surface area contributed by atoms with Crippen LogP contribution in [-0.2, 0) is 11.3 Å². The molecule has 1 saturated heterocycles. The van der Waals surface area contributed by atoms with Crippen LogP contribution in [0.25, 0.3) is 22.6 Å². The van der Waals surface area contributed by atoms with Gasteiger partial charge in [-0.15, -0.1) is 0 Å². The van der Waals surface area contributed by atoms with Crippen LogP contribution in [0.2, 0.25) is 5.02 Å². The highest BCUT2D eigenvalue weighted by Crippen LogP contribution is 2.41. The molecule has 1 aliphatic heterocycles. The molecule has 10 nitrogen and oxygen atoms in total. The van der Waals surface area contributed by atoms with E-state index in [0.29, 0.717) is 46.8 Å². The van der Waals surface area contributed by atoms with Crippen molar-refractivity contribution in [3.8, 4) is 23.0 Å². The van der Waals surface area contributed by atoms with Gasteiger partial charge in [-0.2, -0.15) is 4.98 Å². The van der Waals surface area contributed by atoms with E-state index in [2.05, 4.69) is 32.8 Å². The first kappa shape index (κ1) is 27.4. The number of rotatable bonds is 9. The number of carbonyl (C=O) groups is 1. The van der Waals surface area contributed by atoms with Gasteiger partial charge in [-0.3, -0.25) is 14.7 Å². The van der Waals surface area contributed by atoms with Gasteiger partial charge >= 0.3 is 0 Å². The molecule has 4 aromatic rings. The van der Waals surface area contributed by atoms with Crippen LogP contribution in [0.1, 0.15) is 37.9 Å². The Bertz CT molecular complexity index is 1580. The standard InChI is InChI=1S/C30H34ClN7O3/c1-20-6-9-32-22(16-20)18-38-27(35-26-28(38)33-19-34-29(26)41-30(3)7-8-30)24-5-4-23(17-25(24)31)40-15-14-36-10-12-37(13-11-36)21(2)39/h4-6,9,16-17,19H,7-8,10-15,18H2,1-3H3. The second kappa shape index (κ2) is 11.3. The van der Waals surface area contributed by atoms with Gasteiger partial charge in [0.15, 0.2) is 11.2 Å². The van der Waals surface area contributed by atoms with Crippen LogP contribution < -0.4 is 9.47 Å². The Labute approximate surface area is 244 Å². The van der Waals surface area contributed by atoms with Gasteiger partial charge in [0.25, 0.3) is 0 Å². The number of imidazole rings is 1. The van der Waals surface area contributed by atoms with Gasteiger partial charge < -0.3 is 18.9 Å². The predicted molar refractivity (Wildman–Crippen MR) is 156 cm³/mol. The summed E-state index contributed by atoms with van der Waals surface area (Å²) < 4.78 is 14.3. The number of carbonyl (C=O) groups excluding carboxylic acids is 1. The molecule has 4 heterocycles. The molecule has 2 fully saturated rings. The van der Waals surface area contributed by atoms with E-state index in [1.165, 1.54) is 6.33 Å². The van der Waals surface area contributed by atoms with E-state index in [4.69, 9.17) is 26.1 Å². The number of benzene rings is 1. The number of nitrogens with zero attached hydrogens (tertiary/aromatic N) is 7. The Kier molecular flexibility index (Phi) is 7.52. The van der Waals surface area contributed by atoms with E-state index in [-0.39, 0.29) is 11.5 Å². The maximum atomic E-state index is 11.6. The van der Waals surface area contributed by atoms with Crippen molar-refractivity contribution in [1.29, 1.82) is 0 Å². The van der Waals surface area contributed by atoms with Crippen molar-refractivity contribution in [3.63, 3.8) is 0 Å². The van der Waals surface area contributed by atoms with Gasteiger partial charge in [-0.05, 0) is 62.6 Å². The van der Waals surface area contributed by atoms with Gasteiger partial charge in [0.2, 0.25) is 11.8 Å². The molecule has 2 aliphatic rings. The lowest BCUT2D eigenvalue weighted by molar-refractivity contribution is -0.130. The van der Waals surface area contributed by atoms with E-state index < -0.39 is 0 Å². The molecule has 0 atom stereocenters. The molecule has 1 aromatic carbocycles. The maximum Gasteiger partial charge on any atom is 0.245 e. The molecule has 0 bridgehead atoms. The molecular formula is C30H34ClN7O3. The number of pyridine rings is 1. The number of aromatic nitrogens is 5. The highest BCUT2D eigenvalue weighted by Gasteiger charge is 2.41. The van der Waals surface area contributed by atoms with Crippen molar-refractivity contribution in [1.82, 2.24) is 34.3 Å². The lowest BCUT2D eigenvalue weighted by Crippen LogP contribution is -2.48. The molecule has 0 spiro atoms. The summed E-state index contributed by atoms with van der Waals surface area (Å²) in [7, 11) is 0. The number of amides is 1. The number of aryl methyl sites for hydroxylation is 1. The van der Waals surface area contributed by atoms with Crippen LogP contribution in [-0.4, -0.2) is 85.1 Å². The van der Waals surface area contributed by atoms with Crippen molar-refractivity contribution in [2.75, 3.05) is 39.3 Å². The summed E-state index contributed by atoms with van der Waals surface area (Å²) in [6.45, 7) is 10.7. The highest BCUT2D eigenvalue weighted by atomic mass is 35.5. The van der Waals surface area contributed by atoms with Crippen LogP contribution in [0.5, 0.6) is 11.6 Å². The smallest absolute Gasteiger partial charge is 0.245 e. The zero-order chi connectivity index (χ0) is 28.6. The number of hydrogen-bond acceptors (Lipinski definition) is 8. The molecule has 3 aromatic heterocycles. The first-order chi connectivity index (χ1) is 19.8. The first-order valence-electron chi connectivity index (χ1n) is 14.0. The van der Waals surface area contributed by atoms with Crippen molar-refractivity contribution >= 4 is 28.7 Å². The third-order valence-electron chi connectivity index (χ3n) is 7.76. The fourth-order valence-electron chi connectivity index (χ4n) is 5.05. The molecule has 0 radical (unpaired) electrons. The van der Waals surface area contributed by atoms with Crippen LogP contribution in [0.15, 0.2) is 42.9 Å². The zero-order valence-electron chi connectivity index (χ0n) is 23.6. The largest absolute Gasteiger partial charge is 0.492 e. The fraction of sp³-hybridized carbons (Fsp3) is 0.433. The van der Waals surface area contributed by atoms with E-state index in [0.717, 1.165) is 62.4 Å². The van der Waals surface area contributed by atoms with Crippen LogP contribution in [0.4, 0.5) is 0 Å². The van der Waals surface area contributed by atoms with Gasteiger partial charge in [0.05, 0.1) is 17.3 Å². The lowest BCUT2D eigenvalue weighted by atomic mass is 10.2. The predicted octanol–water partition coefficient (Wildman–Crippen LogP) is 4.37. The molecule has 214 valence electrons. The topological polar surface area (TPSA) is 98.5 Å². The number of fused-ring (bicyclic) bond motifs is 1. The number of piperazine rings is 1. The minimum Gasteiger partial charge on any atom is -0.492 e. The quantitative estimate of drug-likeness (QED) is 0.290. The normalized spacial score (nSPS) is 16.6. The van der Waals surface area contributed by atoms with Crippen molar-refractivity contribution < 1.29 is 14.3 Å². The Balaban J connectivity index is 1.25. The molecule has 1 saturated carbocycles. The summed E-state index contributed by atoms with van der Waals surface area (Å²) in [5.74, 6) is 1.96. The Morgan fingerprint density at radius 1 is 1.07 bits per heavy atom. The number of ether oxygens (including phenoxy) is 2. The molecule has 1 amide bonds. The van der Waals surface area contributed by atoms with Crippen molar-refractivity contribution in [2.24, 2.45) is 0 Å². The van der Waals surface area contributed by atoms with E-state index in [1.54, 1.807) is 6.92 Å². The Morgan fingerprint density at radius 2 is 1.88 bits per heavy atom. The minimum atomic E-state index is -0.207. The Hall–Kier alpha value is -3.76. The molecule has 6 rings (SSSR count). The van der Waals surface area contributed by atoms with Crippen molar-refractivity contribution in [3.05, 3.63) is 59.1 Å². The first-order valence-corrected chi connectivity index (χ1v) is 14.4. The highest BCUT2D eigenvalue weighted by molar-refractivity contribution is 6.33. The lowest BCUT2D eigenvalue weighted by Gasteiger charge is -2.34. The average molecular weight is 576 g/mol. The summed E-state index contributed by atoms with van der Waals surface area (Å²) in [6.07, 6.45) is 5.30. The monoisotopic (exact) mass is 575 g/mol. The second-order valence-corrected chi connectivity index (χ2v) is 11.5. The van der Waals surface area contributed by atoms with Gasteiger partial charge in [-0.1, -0.05) is 11.6 Å². The number of halogens is 1. The molecule has 11 heteroatoms. The SMILES string of the molecule is CC(=O)N1CCN(CCOc2ccc(-c3nc4c(OC5(C)CC5)ncnc4n3Cc3cc(C)ccn3)c(Cl)c2)CC1. The number of hydrogen-bond donors (Lipinski definition) is 0. The van der Waals surface area contributed by atoms with Gasteiger partial charge in [0, 0.05) is 51.4 Å². The van der Waals surface area contributed by atoms with Crippen molar-refractivity contribution in [2.45, 2.75) is 45.8 Å². The van der Waals surface area contributed by atoms with Crippen LogP contribution >= 0.6 is 11.6 Å². The summed E-state index contributed by atoms with van der Waals surface area (Å²) in [6, 6.07) is 9.70. The van der Waals surface area contributed by atoms with Crippen LogP contribution in [0.3, 0.4) is 0 Å². The molecule has 1 aliphatic carbocycles. The summed E-state index contributed by atoms with van der Waals surface area (Å²) in [5.41, 5.74) is 3.83. The van der Waals surface area contributed by atoms with E-state index >= 15 is 0 Å². The average Bonchev–Trinajstić information content (AvgIpc) is 3.57. The molecule has 0 unspecified atom stereocenters. The third kappa shape index (κ3) is 6.13. The molecular weight excluding hydrogens is 542 g/mol. The second-order valence-electron chi connectivity index (χ2n) is 11.1. The molecule has 0 N–H and O–H groups in total. The third-order valence-corrected chi connectivity index (χ3v) is 8.08. The van der Waals surface area contributed by atoms with Gasteiger partial charge in [0.1, 0.15) is 30.1 Å². The van der Waals surface area contributed by atoms with E-state index in [1.807, 2.05) is 46.9 Å². The van der Waals surface area contributed by atoms with Gasteiger partial charge in [-0.25, -0.2) is 9.97 Å².